The second-order valence-electron chi connectivity index (χ2n) is 5.88. The lowest BCUT2D eigenvalue weighted by Crippen LogP contribution is -2.39. The zero-order valence-electron chi connectivity index (χ0n) is 12.3. The van der Waals surface area contributed by atoms with Crippen LogP contribution in [-0.4, -0.2) is 17.6 Å². The lowest BCUT2D eigenvalue weighted by Gasteiger charge is -2.32. The number of hydrogen-bond donors (Lipinski definition) is 1. The molecule has 20 heavy (non-hydrogen) atoms. The monoisotopic (exact) mass is 288 g/mol. The van der Waals surface area contributed by atoms with E-state index in [2.05, 4.69) is 36.5 Å². The van der Waals surface area contributed by atoms with Gasteiger partial charge in [0, 0.05) is 12.5 Å². The van der Waals surface area contributed by atoms with Gasteiger partial charge in [-0.15, -0.1) is 11.3 Å². The summed E-state index contributed by atoms with van der Waals surface area (Å²) in [6.07, 6.45) is 7.86. The van der Waals surface area contributed by atoms with Gasteiger partial charge in [-0.2, -0.15) is 0 Å². The minimum atomic E-state index is 0.704. The van der Waals surface area contributed by atoms with Crippen LogP contribution in [0.2, 0.25) is 0 Å². The second kappa shape index (κ2) is 6.68. The molecule has 1 aliphatic rings. The molecule has 0 spiro atoms. The highest BCUT2D eigenvalue weighted by Gasteiger charge is 2.25. The lowest BCUT2D eigenvalue weighted by atomic mass is 9.82. The Morgan fingerprint density at radius 1 is 1.25 bits per heavy atom. The van der Waals surface area contributed by atoms with E-state index in [1.165, 1.54) is 47.3 Å². The molecule has 2 unspecified atom stereocenters. The molecular formula is C17H24N2S. The molecule has 0 amide bonds. The molecule has 1 saturated carbocycles. The van der Waals surface area contributed by atoms with Gasteiger partial charge in [0.1, 0.15) is 0 Å². The van der Waals surface area contributed by atoms with Crippen LogP contribution in [0.5, 0.6) is 0 Å². The first-order valence-corrected chi connectivity index (χ1v) is 8.76. The molecule has 2 nitrogen and oxygen atoms in total. The van der Waals surface area contributed by atoms with Crippen LogP contribution in [0, 0.1) is 5.92 Å². The predicted molar refractivity (Wildman–Crippen MR) is 87.4 cm³/mol. The van der Waals surface area contributed by atoms with Crippen molar-refractivity contribution in [3.63, 3.8) is 0 Å². The van der Waals surface area contributed by atoms with E-state index in [4.69, 9.17) is 4.98 Å². The molecule has 1 fully saturated rings. The van der Waals surface area contributed by atoms with E-state index in [1.807, 2.05) is 11.3 Å². The zero-order valence-corrected chi connectivity index (χ0v) is 13.1. The summed E-state index contributed by atoms with van der Waals surface area (Å²) in [4.78, 5) is 4.81. The van der Waals surface area contributed by atoms with Crippen molar-refractivity contribution in [2.24, 2.45) is 5.92 Å². The van der Waals surface area contributed by atoms with Gasteiger partial charge in [-0.05, 0) is 43.9 Å². The van der Waals surface area contributed by atoms with Crippen LogP contribution in [0.25, 0.3) is 10.2 Å². The highest BCUT2D eigenvalue weighted by Crippen LogP contribution is 2.30. The van der Waals surface area contributed by atoms with Crippen molar-refractivity contribution >= 4 is 21.6 Å². The Morgan fingerprint density at radius 3 is 2.95 bits per heavy atom. The molecular weight excluding hydrogens is 264 g/mol. The molecule has 0 aliphatic heterocycles. The number of para-hydroxylation sites is 1. The van der Waals surface area contributed by atoms with Crippen LogP contribution in [0.3, 0.4) is 0 Å². The lowest BCUT2D eigenvalue weighted by molar-refractivity contribution is 0.261. The summed E-state index contributed by atoms with van der Waals surface area (Å²) in [5, 5.41) is 5.07. The summed E-state index contributed by atoms with van der Waals surface area (Å²) in [7, 11) is 0. The molecule has 2 aromatic rings. The standard InChI is InChI=1S/C17H24N2S/c1-2-11-18-14-8-4-3-7-13(14)12-17-19-15-9-5-6-10-16(15)20-17/h5-6,9-10,13-14,18H,2-4,7-8,11-12H2,1H3. The number of rotatable bonds is 5. The quantitative estimate of drug-likeness (QED) is 0.882. The van der Waals surface area contributed by atoms with Crippen LogP contribution in [0.15, 0.2) is 24.3 Å². The van der Waals surface area contributed by atoms with Crippen LogP contribution in [0.1, 0.15) is 44.0 Å². The maximum Gasteiger partial charge on any atom is 0.0941 e. The van der Waals surface area contributed by atoms with Crippen molar-refractivity contribution in [3.05, 3.63) is 29.3 Å². The van der Waals surface area contributed by atoms with E-state index in [1.54, 1.807) is 0 Å². The smallest absolute Gasteiger partial charge is 0.0941 e. The van der Waals surface area contributed by atoms with Crippen molar-refractivity contribution < 1.29 is 0 Å². The maximum atomic E-state index is 4.81. The molecule has 2 atom stereocenters. The van der Waals surface area contributed by atoms with E-state index in [-0.39, 0.29) is 0 Å². The Hall–Kier alpha value is -0.930. The van der Waals surface area contributed by atoms with Gasteiger partial charge in [0.2, 0.25) is 0 Å². The molecule has 0 radical (unpaired) electrons. The Balaban J connectivity index is 1.70. The molecule has 108 valence electrons. The number of aromatic nitrogens is 1. The number of hydrogen-bond acceptors (Lipinski definition) is 3. The zero-order chi connectivity index (χ0) is 13.8. The highest BCUT2D eigenvalue weighted by atomic mass is 32.1. The summed E-state index contributed by atoms with van der Waals surface area (Å²) in [5.41, 5.74) is 1.17. The van der Waals surface area contributed by atoms with E-state index < -0.39 is 0 Å². The van der Waals surface area contributed by atoms with Crippen LogP contribution >= 0.6 is 11.3 Å². The van der Waals surface area contributed by atoms with Gasteiger partial charge in [0.05, 0.1) is 15.2 Å². The summed E-state index contributed by atoms with van der Waals surface area (Å²) in [6.45, 7) is 3.40. The van der Waals surface area contributed by atoms with E-state index in [0.29, 0.717) is 6.04 Å². The molecule has 3 rings (SSSR count). The van der Waals surface area contributed by atoms with Crippen LogP contribution in [-0.2, 0) is 6.42 Å². The third-order valence-corrected chi connectivity index (χ3v) is 5.40. The Kier molecular flexibility index (Phi) is 4.69. The third kappa shape index (κ3) is 3.21. The number of fused-ring (bicyclic) bond motifs is 1. The average Bonchev–Trinajstić information content (AvgIpc) is 2.88. The van der Waals surface area contributed by atoms with Gasteiger partial charge < -0.3 is 5.32 Å². The molecule has 0 saturated heterocycles. The Labute approximate surface area is 125 Å². The van der Waals surface area contributed by atoms with Crippen molar-refractivity contribution in [1.82, 2.24) is 10.3 Å². The molecule has 1 aromatic heterocycles. The Morgan fingerprint density at radius 2 is 2.10 bits per heavy atom. The summed E-state index contributed by atoms with van der Waals surface area (Å²) in [6, 6.07) is 9.21. The number of thiazole rings is 1. The van der Waals surface area contributed by atoms with Gasteiger partial charge in [0.15, 0.2) is 0 Å². The van der Waals surface area contributed by atoms with E-state index >= 15 is 0 Å². The van der Waals surface area contributed by atoms with Gasteiger partial charge in [-0.25, -0.2) is 4.98 Å². The molecule has 1 aliphatic carbocycles. The molecule has 0 bridgehead atoms. The summed E-state index contributed by atoms with van der Waals surface area (Å²) >= 11 is 1.88. The van der Waals surface area contributed by atoms with Crippen molar-refractivity contribution in [2.75, 3.05) is 6.54 Å². The van der Waals surface area contributed by atoms with Gasteiger partial charge >= 0.3 is 0 Å². The average molecular weight is 288 g/mol. The minimum Gasteiger partial charge on any atom is -0.314 e. The van der Waals surface area contributed by atoms with E-state index in [0.717, 1.165) is 18.9 Å². The van der Waals surface area contributed by atoms with Crippen molar-refractivity contribution in [2.45, 2.75) is 51.5 Å². The van der Waals surface area contributed by atoms with Gasteiger partial charge in [-0.1, -0.05) is 31.9 Å². The fraction of sp³-hybridized carbons (Fsp3) is 0.588. The normalized spacial score (nSPS) is 23.2. The number of nitrogens with zero attached hydrogens (tertiary/aromatic N) is 1. The van der Waals surface area contributed by atoms with Gasteiger partial charge in [-0.3, -0.25) is 0 Å². The van der Waals surface area contributed by atoms with Gasteiger partial charge in [0.25, 0.3) is 0 Å². The number of benzene rings is 1. The van der Waals surface area contributed by atoms with Crippen LogP contribution < -0.4 is 5.32 Å². The van der Waals surface area contributed by atoms with E-state index in [9.17, 15) is 0 Å². The Bertz CT molecular complexity index is 516. The minimum absolute atomic E-state index is 0.704. The molecule has 1 aromatic carbocycles. The molecule has 1 heterocycles. The molecule has 3 heteroatoms. The first kappa shape index (κ1) is 14.0. The second-order valence-corrected chi connectivity index (χ2v) is 7.00. The largest absolute Gasteiger partial charge is 0.314 e. The fourth-order valence-electron chi connectivity index (χ4n) is 3.28. The molecule has 1 N–H and O–H groups in total. The van der Waals surface area contributed by atoms with Crippen molar-refractivity contribution in [3.8, 4) is 0 Å². The first-order valence-electron chi connectivity index (χ1n) is 7.94. The maximum absolute atomic E-state index is 4.81. The summed E-state index contributed by atoms with van der Waals surface area (Å²) in [5.74, 6) is 0.774. The van der Waals surface area contributed by atoms with Crippen molar-refractivity contribution in [1.29, 1.82) is 0 Å². The SMILES string of the molecule is CCCNC1CCCCC1Cc1nc2ccccc2s1. The highest BCUT2D eigenvalue weighted by molar-refractivity contribution is 7.18. The summed E-state index contributed by atoms with van der Waals surface area (Å²) < 4.78 is 1.33. The topological polar surface area (TPSA) is 24.9 Å². The third-order valence-electron chi connectivity index (χ3n) is 4.34. The first-order chi connectivity index (χ1) is 9.86. The number of nitrogens with one attached hydrogen (secondary N) is 1. The predicted octanol–water partition coefficient (Wildman–Crippen LogP) is 4.40. The fourth-order valence-corrected chi connectivity index (χ4v) is 4.34. The van der Waals surface area contributed by atoms with Crippen LogP contribution in [0.4, 0.5) is 0 Å².